The van der Waals surface area contributed by atoms with E-state index in [1.807, 2.05) is 36.4 Å². The second-order valence-electron chi connectivity index (χ2n) is 7.08. The van der Waals surface area contributed by atoms with E-state index in [0.29, 0.717) is 39.1 Å². The van der Waals surface area contributed by atoms with Gasteiger partial charge in [0.05, 0.1) is 17.9 Å². The molecule has 1 aromatic heterocycles. The van der Waals surface area contributed by atoms with Crippen molar-refractivity contribution in [3.05, 3.63) is 54.5 Å². The lowest BCUT2D eigenvalue weighted by atomic mass is 9.75. The molecule has 1 spiro atoms. The fraction of sp³-hybridized carbons (Fsp3) is 0.474. The van der Waals surface area contributed by atoms with E-state index in [4.69, 9.17) is 4.42 Å². The number of likely N-dealkylation sites (tertiary alicyclic amines) is 1. The number of halogens is 2. The van der Waals surface area contributed by atoms with Crippen LogP contribution in [0.4, 0.5) is 14.5 Å². The summed E-state index contributed by atoms with van der Waals surface area (Å²) in [5, 5.41) is 0. The van der Waals surface area contributed by atoms with Crippen LogP contribution in [-0.4, -0.2) is 37.0 Å². The van der Waals surface area contributed by atoms with Crippen LogP contribution >= 0.6 is 0 Å². The van der Waals surface area contributed by atoms with Gasteiger partial charge >= 0.3 is 0 Å². The number of rotatable bonds is 3. The highest BCUT2D eigenvalue weighted by Gasteiger charge is 2.59. The van der Waals surface area contributed by atoms with Crippen molar-refractivity contribution in [1.82, 2.24) is 4.90 Å². The van der Waals surface area contributed by atoms with Gasteiger partial charge in [-0.2, -0.15) is 0 Å². The van der Waals surface area contributed by atoms with Gasteiger partial charge in [0, 0.05) is 50.4 Å². The van der Waals surface area contributed by atoms with Gasteiger partial charge in [-0.3, -0.25) is 4.90 Å². The van der Waals surface area contributed by atoms with Crippen molar-refractivity contribution in [2.45, 2.75) is 25.3 Å². The minimum absolute atomic E-state index is 0.0620. The average Bonchev–Trinajstić information content (AvgIpc) is 3.23. The van der Waals surface area contributed by atoms with Gasteiger partial charge < -0.3 is 9.32 Å². The van der Waals surface area contributed by atoms with E-state index in [0.717, 1.165) is 11.3 Å². The molecule has 0 N–H and O–H groups in total. The van der Waals surface area contributed by atoms with Crippen molar-refractivity contribution in [1.29, 1.82) is 0 Å². The van der Waals surface area contributed by atoms with E-state index < -0.39 is 11.3 Å². The number of alkyl halides is 2. The van der Waals surface area contributed by atoms with Crippen molar-refractivity contribution in [2.24, 2.45) is 5.41 Å². The number of hydrogen-bond acceptors (Lipinski definition) is 3. The first-order chi connectivity index (χ1) is 11.6. The third-order valence-corrected chi connectivity index (χ3v) is 5.51. The molecule has 128 valence electrons. The maximum absolute atomic E-state index is 14.8. The Labute approximate surface area is 140 Å². The van der Waals surface area contributed by atoms with E-state index in [9.17, 15) is 8.78 Å². The standard InChI is InChI=1S/C19H22F2N2O/c20-19(21)8-9-22(12-16-6-11-24-13-16)14-18(19)7-10-23(15-18)17-4-2-1-3-5-17/h1-6,11,13H,7-10,12,14-15H2/t18-/m0/s1. The highest BCUT2D eigenvalue weighted by atomic mass is 19.3. The van der Waals surface area contributed by atoms with Crippen molar-refractivity contribution < 1.29 is 13.2 Å². The second kappa shape index (κ2) is 5.88. The Bertz CT molecular complexity index is 674. The second-order valence-corrected chi connectivity index (χ2v) is 7.08. The molecule has 1 atom stereocenters. The van der Waals surface area contributed by atoms with Crippen LogP contribution in [0.15, 0.2) is 53.3 Å². The lowest BCUT2D eigenvalue weighted by molar-refractivity contribution is -0.158. The molecular weight excluding hydrogens is 310 g/mol. The maximum Gasteiger partial charge on any atom is 0.257 e. The molecule has 2 saturated heterocycles. The molecule has 0 aliphatic carbocycles. The number of anilines is 1. The molecule has 2 aromatic rings. The molecule has 0 amide bonds. The molecule has 0 unspecified atom stereocenters. The van der Waals surface area contributed by atoms with Crippen LogP contribution in [0.1, 0.15) is 18.4 Å². The van der Waals surface area contributed by atoms with Crippen LogP contribution in [0.3, 0.4) is 0 Å². The molecule has 3 heterocycles. The Hall–Kier alpha value is -1.88. The van der Waals surface area contributed by atoms with Gasteiger partial charge in [0.15, 0.2) is 0 Å². The molecular formula is C19H22F2N2O. The number of para-hydroxylation sites is 1. The quantitative estimate of drug-likeness (QED) is 0.846. The van der Waals surface area contributed by atoms with Gasteiger partial charge in [-0.15, -0.1) is 0 Å². The van der Waals surface area contributed by atoms with Crippen molar-refractivity contribution in [2.75, 3.05) is 31.1 Å². The summed E-state index contributed by atoms with van der Waals surface area (Å²) < 4.78 is 34.8. The normalized spacial score (nSPS) is 27.0. The smallest absolute Gasteiger partial charge is 0.257 e. The molecule has 3 nitrogen and oxygen atoms in total. The third-order valence-electron chi connectivity index (χ3n) is 5.51. The van der Waals surface area contributed by atoms with Crippen LogP contribution in [0.25, 0.3) is 0 Å². The summed E-state index contributed by atoms with van der Waals surface area (Å²) in [5.74, 6) is -2.61. The molecule has 2 fully saturated rings. The van der Waals surface area contributed by atoms with E-state index in [1.54, 1.807) is 12.5 Å². The number of nitrogens with zero attached hydrogens (tertiary/aromatic N) is 2. The molecule has 5 heteroatoms. The Morgan fingerprint density at radius 3 is 2.58 bits per heavy atom. The number of benzene rings is 1. The van der Waals surface area contributed by atoms with Crippen LogP contribution in [-0.2, 0) is 6.54 Å². The summed E-state index contributed by atoms with van der Waals surface area (Å²) in [5.41, 5.74) is 1.13. The van der Waals surface area contributed by atoms with Gasteiger partial charge in [0.25, 0.3) is 5.92 Å². The topological polar surface area (TPSA) is 19.6 Å². The lowest BCUT2D eigenvalue weighted by Gasteiger charge is -2.46. The monoisotopic (exact) mass is 332 g/mol. The Morgan fingerprint density at radius 2 is 1.83 bits per heavy atom. The zero-order chi connectivity index (χ0) is 16.6. The Balaban J connectivity index is 1.53. The molecule has 2 aliphatic rings. The Kier molecular flexibility index (Phi) is 3.83. The van der Waals surface area contributed by atoms with Crippen LogP contribution < -0.4 is 4.90 Å². The number of furan rings is 1. The highest BCUT2D eigenvalue weighted by molar-refractivity contribution is 5.47. The highest BCUT2D eigenvalue weighted by Crippen LogP contribution is 2.50. The summed E-state index contributed by atoms with van der Waals surface area (Å²) in [6.07, 6.45) is 3.81. The minimum Gasteiger partial charge on any atom is -0.472 e. The number of piperidine rings is 1. The molecule has 0 saturated carbocycles. The van der Waals surface area contributed by atoms with Gasteiger partial charge in [-0.05, 0) is 24.6 Å². The molecule has 24 heavy (non-hydrogen) atoms. The molecule has 0 radical (unpaired) electrons. The van der Waals surface area contributed by atoms with Gasteiger partial charge in [0.2, 0.25) is 0 Å². The summed E-state index contributed by atoms with van der Waals surface area (Å²) in [7, 11) is 0. The number of hydrogen-bond donors (Lipinski definition) is 0. The first-order valence-corrected chi connectivity index (χ1v) is 8.49. The van der Waals surface area contributed by atoms with Gasteiger partial charge in [-0.25, -0.2) is 8.78 Å². The summed E-state index contributed by atoms with van der Waals surface area (Å²) in [6.45, 7) is 2.67. The minimum atomic E-state index is -2.61. The van der Waals surface area contributed by atoms with E-state index in [1.165, 1.54) is 0 Å². The van der Waals surface area contributed by atoms with Crippen molar-refractivity contribution >= 4 is 5.69 Å². The molecule has 2 aliphatic heterocycles. The molecule has 4 rings (SSSR count). The first-order valence-electron chi connectivity index (χ1n) is 8.49. The third kappa shape index (κ3) is 2.71. The zero-order valence-electron chi connectivity index (χ0n) is 13.6. The maximum atomic E-state index is 14.8. The Morgan fingerprint density at radius 1 is 1.00 bits per heavy atom. The predicted octanol–water partition coefficient (Wildman–Crippen LogP) is 4.02. The van der Waals surface area contributed by atoms with E-state index >= 15 is 0 Å². The molecule has 1 aromatic carbocycles. The predicted molar refractivity (Wildman–Crippen MR) is 89.3 cm³/mol. The van der Waals surface area contributed by atoms with Crippen LogP contribution in [0.2, 0.25) is 0 Å². The van der Waals surface area contributed by atoms with Crippen LogP contribution in [0.5, 0.6) is 0 Å². The fourth-order valence-corrected chi connectivity index (χ4v) is 4.12. The van der Waals surface area contributed by atoms with E-state index in [-0.39, 0.29) is 6.42 Å². The van der Waals surface area contributed by atoms with Gasteiger partial charge in [0.1, 0.15) is 0 Å². The largest absolute Gasteiger partial charge is 0.472 e. The summed E-state index contributed by atoms with van der Waals surface area (Å²) >= 11 is 0. The first kappa shape index (κ1) is 15.6. The zero-order valence-corrected chi connectivity index (χ0v) is 13.6. The lowest BCUT2D eigenvalue weighted by Crippen LogP contribution is -2.56. The van der Waals surface area contributed by atoms with Gasteiger partial charge in [-0.1, -0.05) is 18.2 Å². The fourth-order valence-electron chi connectivity index (χ4n) is 4.12. The van der Waals surface area contributed by atoms with E-state index in [2.05, 4.69) is 9.80 Å². The van der Waals surface area contributed by atoms with Crippen molar-refractivity contribution in [3.8, 4) is 0 Å². The average molecular weight is 332 g/mol. The summed E-state index contributed by atoms with van der Waals surface area (Å²) in [4.78, 5) is 4.26. The van der Waals surface area contributed by atoms with Crippen molar-refractivity contribution in [3.63, 3.8) is 0 Å². The summed E-state index contributed by atoms with van der Waals surface area (Å²) in [6, 6.07) is 11.8. The molecule has 0 bridgehead atoms. The SMILES string of the molecule is FC1(F)CCN(Cc2ccoc2)C[C@]12CCN(c1ccccc1)C2. The van der Waals surface area contributed by atoms with Crippen LogP contribution in [0, 0.1) is 5.41 Å².